The Labute approximate surface area is 108 Å². The lowest BCUT2D eigenvalue weighted by atomic mass is 9.91. The molecule has 0 N–H and O–H groups in total. The number of hydrogen-bond acceptors (Lipinski definition) is 0. The Morgan fingerprint density at radius 3 is 2.18 bits per heavy atom. The first-order valence-corrected chi connectivity index (χ1v) is 6.83. The van der Waals surface area contributed by atoms with Crippen LogP contribution >= 0.6 is 0 Å². The summed E-state index contributed by atoms with van der Waals surface area (Å²) in [6.45, 7) is 14.3. The van der Waals surface area contributed by atoms with E-state index in [1.165, 1.54) is 12.0 Å². The number of hydrogen-bond donors (Lipinski definition) is 0. The molecule has 0 spiro atoms. The van der Waals surface area contributed by atoms with Gasteiger partial charge in [-0.1, -0.05) is 52.0 Å². The lowest BCUT2D eigenvalue weighted by molar-refractivity contribution is 0.722. The first-order chi connectivity index (χ1) is 8.14. The summed E-state index contributed by atoms with van der Waals surface area (Å²) >= 11 is 0. The molecule has 17 heavy (non-hydrogen) atoms. The zero-order valence-electron chi connectivity index (χ0n) is 12.2. The summed E-state index contributed by atoms with van der Waals surface area (Å²) in [5.74, 6) is 0.704. The third kappa shape index (κ3) is 5.21. The van der Waals surface area contributed by atoms with E-state index < -0.39 is 0 Å². The Kier molecular flexibility index (Phi) is 8.49. The molecule has 1 aromatic carbocycles. The van der Waals surface area contributed by atoms with Crippen LogP contribution in [0.5, 0.6) is 0 Å². The Balaban J connectivity index is 0.000000770. The van der Waals surface area contributed by atoms with Crippen LogP contribution in [0.2, 0.25) is 0 Å². The molecule has 1 unspecified atom stereocenters. The molecule has 0 aliphatic heterocycles. The minimum atomic E-state index is 0.704. The van der Waals surface area contributed by atoms with Crippen LogP contribution in [0.25, 0.3) is 0 Å². The summed E-state index contributed by atoms with van der Waals surface area (Å²) in [6, 6.07) is 6.98. The van der Waals surface area contributed by atoms with Crippen molar-refractivity contribution in [3.8, 4) is 0 Å². The summed E-state index contributed by atoms with van der Waals surface area (Å²) in [4.78, 5) is 0. The van der Waals surface area contributed by atoms with Crippen molar-refractivity contribution in [3.63, 3.8) is 0 Å². The van der Waals surface area contributed by atoms with Crippen LogP contribution in [0.15, 0.2) is 30.9 Å². The summed E-state index contributed by atoms with van der Waals surface area (Å²) in [7, 11) is 0. The molecule has 0 aliphatic rings. The van der Waals surface area contributed by atoms with Crippen LogP contribution in [0.4, 0.5) is 0 Å². The predicted molar refractivity (Wildman–Crippen MR) is 79.8 cm³/mol. The maximum absolute atomic E-state index is 3.36. The van der Waals surface area contributed by atoms with E-state index in [0.29, 0.717) is 5.92 Å². The highest BCUT2D eigenvalue weighted by Crippen LogP contribution is 2.24. The summed E-state index contributed by atoms with van der Waals surface area (Å²) < 4.78 is 0. The third-order valence-electron chi connectivity index (χ3n) is 3.14. The standard InChI is InChI=1S/C14H22.C3H6/c1-5-11(4)14-9-8-12(6-2)10-13(14)7-3;1-3-2/h8-11H,5-7H2,1-4H3;3H,1H2,2H3. The lowest BCUT2D eigenvalue weighted by Crippen LogP contribution is -1.98. The average Bonchev–Trinajstić information content (AvgIpc) is 2.37. The van der Waals surface area contributed by atoms with Crippen molar-refractivity contribution >= 4 is 0 Å². The smallest absolute Gasteiger partial charge is 0.0190 e. The molecule has 0 amide bonds. The molecule has 1 aromatic rings. The molecule has 0 fully saturated rings. The molecule has 0 aliphatic carbocycles. The van der Waals surface area contributed by atoms with Gasteiger partial charge in [-0.2, -0.15) is 0 Å². The second-order valence-corrected chi connectivity index (χ2v) is 4.46. The van der Waals surface area contributed by atoms with E-state index in [-0.39, 0.29) is 0 Å². The van der Waals surface area contributed by atoms with Crippen LogP contribution in [0.3, 0.4) is 0 Å². The van der Waals surface area contributed by atoms with Crippen molar-refractivity contribution in [2.75, 3.05) is 0 Å². The van der Waals surface area contributed by atoms with Gasteiger partial charge in [-0.15, -0.1) is 6.58 Å². The Morgan fingerprint density at radius 2 is 1.76 bits per heavy atom. The normalized spacial score (nSPS) is 11.4. The van der Waals surface area contributed by atoms with E-state index in [2.05, 4.69) is 52.5 Å². The van der Waals surface area contributed by atoms with Crippen LogP contribution in [-0.2, 0) is 12.8 Å². The van der Waals surface area contributed by atoms with E-state index in [1.807, 2.05) is 6.92 Å². The van der Waals surface area contributed by atoms with Crippen LogP contribution < -0.4 is 0 Å². The second-order valence-electron chi connectivity index (χ2n) is 4.46. The first-order valence-electron chi connectivity index (χ1n) is 6.83. The van der Waals surface area contributed by atoms with Crippen LogP contribution in [-0.4, -0.2) is 0 Å². The Morgan fingerprint density at radius 1 is 1.18 bits per heavy atom. The second kappa shape index (κ2) is 9.04. The van der Waals surface area contributed by atoms with Crippen molar-refractivity contribution in [2.45, 2.75) is 59.8 Å². The Hall–Kier alpha value is -1.04. The minimum absolute atomic E-state index is 0.704. The maximum atomic E-state index is 3.36. The van der Waals surface area contributed by atoms with E-state index in [1.54, 1.807) is 17.2 Å². The zero-order valence-corrected chi connectivity index (χ0v) is 12.2. The molecule has 0 nitrogen and oxygen atoms in total. The Bertz CT molecular complexity index is 323. The van der Waals surface area contributed by atoms with Gasteiger partial charge in [0.05, 0.1) is 0 Å². The average molecular weight is 232 g/mol. The van der Waals surface area contributed by atoms with Gasteiger partial charge < -0.3 is 0 Å². The van der Waals surface area contributed by atoms with Crippen molar-refractivity contribution < 1.29 is 0 Å². The van der Waals surface area contributed by atoms with Crippen LogP contribution in [0, 0.1) is 0 Å². The van der Waals surface area contributed by atoms with Gasteiger partial charge in [0.25, 0.3) is 0 Å². The fourth-order valence-corrected chi connectivity index (χ4v) is 1.89. The first kappa shape index (κ1) is 16.0. The van der Waals surface area contributed by atoms with Gasteiger partial charge in [0.2, 0.25) is 0 Å². The zero-order chi connectivity index (χ0) is 13.3. The van der Waals surface area contributed by atoms with Gasteiger partial charge in [0.1, 0.15) is 0 Å². The number of benzene rings is 1. The van der Waals surface area contributed by atoms with Crippen molar-refractivity contribution in [1.82, 2.24) is 0 Å². The fourth-order valence-electron chi connectivity index (χ4n) is 1.89. The molecular weight excluding hydrogens is 204 g/mol. The van der Waals surface area contributed by atoms with Crippen molar-refractivity contribution in [1.29, 1.82) is 0 Å². The highest BCUT2D eigenvalue weighted by Gasteiger charge is 2.07. The molecular formula is C17H28. The molecule has 0 saturated heterocycles. The van der Waals surface area contributed by atoms with Gasteiger partial charge in [-0.25, -0.2) is 0 Å². The fraction of sp³-hybridized carbons (Fsp3) is 0.529. The molecule has 1 atom stereocenters. The van der Waals surface area contributed by atoms with E-state index in [4.69, 9.17) is 0 Å². The molecule has 96 valence electrons. The molecule has 0 bridgehead atoms. The van der Waals surface area contributed by atoms with Crippen molar-refractivity contribution in [3.05, 3.63) is 47.5 Å². The van der Waals surface area contributed by atoms with E-state index >= 15 is 0 Å². The third-order valence-corrected chi connectivity index (χ3v) is 3.14. The summed E-state index contributed by atoms with van der Waals surface area (Å²) in [6.07, 6.45) is 5.29. The SMILES string of the molecule is C=CC.CCc1ccc(C(C)CC)c(CC)c1. The summed E-state index contributed by atoms with van der Waals surface area (Å²) in [5.41, 5.74) is 4.56. The van der Waals surface area contributed by atoms with Gasteiger partial charge in [0.15, 0.2) is 0 Å². The maximum Gasteiger partial charge on any atom is -0.0190 e. The van der Waals surface area contributed by atoms with Gasteiger partial charge in [0, 0.05) is 0 Å². The molecule has 1 rings (SSSR count). The van der Waals surface area contributed by atoms with E-state index in [9.17, 15) is 0 Å². The number of rotatable bonds is 4. The predicted octanol–water partition coefficient (Wildman–Crippen LogP) is 5.52. The largest absolute Gasteiger partial charge is 0.103 e. The number of aryl methyl sites for hydroxylation is 2. The van der Waals surface area contributed by atoms with Gasteiger partial charge in [-0.3, -0.25) is 0 Å². The monoisotopic (exact) mass is 232 g/mol. The molecule has 0 aromatic heterocycles. The van der Waals surface area contributed by atoms with Gasteiger partial charge in [-0.05, 0) is 48.8 Å². The molecule has 0 saturated carbocycles. The molecule has 0 heteroatoms. The van der Waals surface area contributed by atoms with Gasteiger partial charge >= 0.3 is 0 Å². The molecule has 0 radical (unpaired) electrons. The lowest BCUT2D eigenvalue weighted by Gasteiger charge is -2.15. The number of allylic oxidation sites excluding steroid dienone is 1. The highest BCUT2D eigenvalue weighted by atomic mass is 14.1. The van der Waals surface area contributed by atoms with E-state index in [0.717, 1.165) is 12.8 Å². The minimum Gasteiger partial charge on any atom is -0.103 e. The topological polar surface area (TPSA) is 0 Å². The molecule has 0 heterocycles. The van der Waals surface area contributed by atoms with Crippen LogP contribution in [0.1, 0.15) is 63.6 Å². The quantitative estimate of drug-likeness (QED) is 0.600. The highest BCUT2D eigenvalue weighted by molar-refractivity contribution is 5.34. The summed E-state index contributed by atoms with van der Waals surface area (Å²) in [5, 5.41) is 0. The van der Waals surface area contributed by atoms with Crippen molar-refractivity contribution in [2.24, 2.45) is 0 Å².